The molecule has 23 heavy (non-hydrogen) atoms. The van der Waals surface area contributed by atoms with Crippen LogP contribution in [0.3, 0.4) is 0 Å². The van der Waals surface area contributed by atoms with Crippen LogP contribution < -0.4 is 21.7 Å². The number of nitrogens with zero attached hydrogens (tertiary/aromatic N) is 2. The molecule has 0 atom stereocenters. The number of nitrogens with two attached hydrogens (primary N) is 1. The zero-order chi connectivity index (χ0) is 17.4. The molecule has 0 aromatic carbocycles. The minimum absolute atomic E-state index is 0.0731. The van der Waals surface area contributed by atoms with Crippen LogP contribution in [-0.2, 0) is 4.74 Å². The average Bonchev–Trinajstić information content (AvgIpc) is 2.47. The fourth-order valence-electron chi connectivity index (χ4n) is 1.35. The molecule has 1 rings (SSSR count). The number of anilines is 2. The van der Waals surface area contributed by atoms with E-state index in [0.29, 0.717) is 6.54 Å². The number of nitrogens with one attached hydrogen (secondary N) is 4. The maximum Gasteiger partial charge on any atom is 0.413 e. The number of guanidine groups is 1. The van der Waals surface area contributed by atoms with Crippen LogP contribution in [0.2, 0.25) is 5.15 Å². The van der Waals surface area contributed by atoms with E-state index in [-0.39, 0.29) is 29.1 Å². The number of aromatic nitrogens is 2. The number of halogens is 1. The Morgan fingerprint density at radius 2 is 2.13 bits per heavy atom. The van der Waals surface area contributed by atoms with Crippen LogP contribution in [0.4, 0.5) is 16.4 Å². The number of hydrogen-bond donors (Lipinski definition) is 5. The Morgan fingerprint density at radius 3 is 2.74 bits per heavy atom. The number of rotatable bonds is 5. The van der Waals surface area contributed by atoms with Gasteiger partial charge in [-0.25, -0.2) is 14.8 Å². The third-order valence-corrected chi connectivity index (χ3v) is 2.51. The average molecular weight is 342 g/mol. The van der Waals surface area contributed by atoms with E-state index in [0.717, 1.165) is 0 Å². The van der Waals surface area contributed by atoms with Crippen molar-refractivity contribution in [3.63, 3.8) is 0 Å². The summed E-state index contributed by atoms with van der Waals surface area (Å²) in [5.41, 5.74) is 5.36. The second kappa shape index (κ2) is 8.54. The molecule has 1 aromatic rings. The van der Waals surface area contributed by atoms with Crippen LogP contribution in [0.5, 0.6) is 0 Å². The summed E-state index contributed by atoms with van der Waals surface area (Å²) in [6.07, 6.45) is 0.705. The van der Waals surface area contributed by atoms with Crippen LogP contribution in [-0.4, -0.2) is 41.1 Å². The number of amides is 2. The Bertz CT molecular complexity index is 635. The molecule has 0 spiro atoms. The molecule has 0 aliphatic rings. The van der Waals surface area contributed by atoms with Gasteiger partial charge in [0, 0.05) is 6.54 Å². The Labute approximate surface area is 137 Å². The first-order chi connectivity index (χ1) is 10.9. The normalized spacial score (nSPS) is 9.65. The van der Waals surface area contributed by atoms with Crippen LogP contribution >= 0.6 is 11.6 Å². The van der Waals surface area contributed by atoms with Gasteiger partial charge in [-0.15, -0.1) is 6.58 Å². The topological polar surface area (TPSA) is 155 Å². The number of carbonyl (C=O) groups is 2. The monoisotopic (exact) mass is 341 g/mol. The summed E-state index contributed by atoms with van der Waals surface area (Å²) in [6.45, 7) is 5.63. The second-order valence-corrected chi connectivity index (χ2v) is 4.30. The van der Waals surface area contributed by atoms with Crippen molar-refractivity contribution in [2.45, 2.75) is 6.92 Å². The summed E-state index contributed by atoms with van der Waals surface area (Å²) in [7, 11) is 0. The van der Waals surface area contributed by atoms with E-state index in [1.54, 1.807) is 13.0 Å². The Kier molecular flexibility index (Phi) is 6.74. The van der Waals surface area contributed by atoms with Gasteiger partial charge in [0.1, 0.15) is 0 Å². The van der Waals surface area contributed by atoms with Gasteiger partial charge in [-0.2, -0.15) is 0 Å². The third kappa shape index (κ3) is 5.43. The van der Waals surface area contributed by atoms with E-state index in [1.807, 2.05) is 5.32 Å². The van der Waals surface area contributed by atoms with Gasteiger partial charge in [0.15, 0.2) is 22.5 Å². The van der Waals surface area contributed by atoms with Gasteiger partial charge < -0.3 is 15.8 Å². The molecular weight excluding hydrogens is 326 g/mol. The predicted octanol–water partition coefficient (Wildman–Crippen LogP) is 0.721. The first-order valence-electron chi connectivity index (χ1n) is 6.40. The lowest BCUT2D eigenvalue weighted by Crippen LogP contribution is -2.43. The summed E-state index contributed by atoms with van der Waals surface area (Å²) >= 11 is 5.89. The highest BCUT2D eigenvalue weighted by Gasteiger charge is 2.18. The number of alkyl carbamates (subject to hydrolysis) is 1. The van der Waals surface area contributed by atoms with Gasteiger partial charge in [-0.1, -0.05) is 17.7 Å². The molecule has 0 saturated heterocycles. The molecule has 0 radical (unpaired) electrons. The van der Waals surface area contributed by atoms with Crippen LogP contribution in [0.25, 0.3) is 0 Å². The lowest BCUT2D eigenvalue weighted by atomic mass is 10.3. The molecule has 0 aliphatic carbocycles. The van der Waals surface area contributed by atoms with Crippen LogP contribution in [0.15, 0.2) is 12.7 Å². The van der Waals surface area contributed by atoms with E-state index >= 15 is 0 Å². The van der Waals surface area contributed by atoms with E-state index in [9.17, 15) is 9.59 Å². The summed E-state index contributed by atoms with van der Waals surface area (Å²) in [6, 6.07) is 0. The Hall–Kier alpha value is -2.88. The fourth-order valence-corrected chi connectivity index (χ4v) is 1.54. The number of ether oxygens (including phenoxy) is 1. The van der Waals surface area contributed by atoms with Gasteiger partial charge in [0.2, 0.25) is 5.96 Å². The zero-order valence-electron chi connectivity index (χ0n) is 12.3. The van der Waals surface area contributed by atoms with Crippen molar-refractivity contribution < 1.29 is 14.3 Å². The van der Waals surface area contributed by atoms with Gasteiger partial charge in [-0.05, 0) is 6.92 Å². The summed E-state index contributed by atoms with van der Waals surface area (Å²) in [4.78, 5) is 30.8. The van der Waals surface area contributed by atoms with E-state index in [4.69, 9.17) is 22.7 Å². The first kappa shape index (κ1) is 18.2. The Balaban J connectivity index is 2.80. The smallest absolute Gasteiger partial charge is 0.413 e. The highest BCUT2D eigenvalue weighted by atomic mass is 35.5. The van der Waals surface area contributed by atoms with Crippen molar-refractivity contribution in [2.24, 2.45) is 0 Å². The fraction of sp³-hybridized carbons (Fsp3) is 0.250. The van der Waals surface area contributed by atoms with Crippen molar-refractivity contribution in [3.8, 4) is 0 Å². The maximum atomic E-state index is 12.0. The molecule has 0 bridgehead atoms. The predicted molar refractivity (Wildman–Crippen MR) is 85.5 cm³/mol. The Morgan fingerprint density at radius 1 is 1.43 bits per heavy atom. The highest BCUT2D eigenvalue weighted by molar-refractivity contribution is 6.32. The molecule has 10 nitrogen and oxygen atoms in total. The lowest BCUT2D eigenvalue weighted by molar-refractivity contribution is 0.0971. The van der Waals surface area contributed by atoms with Crippen LogP contribution in [0, 0.1) is 5.41 Å². The molecular formula is C12H16ClN7O3. The number of hydrogen-bond acceptors (Lipinski definition) is 8. The quantitative estimate of drug-likeness (QED) is 0.300. The molecule has 124 valence electrons. The molecule has 0 aliphatic heterocycles. The first-order valence-corrected chi connectivity index (χ1v) is 6.78. The molecule has 1 heterocycles. The van der Waals surface area contributed by atoms with Crippen molar-refractivity contribution in [3.05, 3.63) is 23.5 Å². The van der Waals surface area contributed by atoms with Crippen molar-refractivity contribution in [2.75, 3.05) is 24.2 Å². The van der Waals surface area contributed by atoms with Crippen molar-refractivity contribution in [1.29, 1.82) is 5.41 Å². The highest BCUT2D eigenvalue weighted by Crippen LogP contribution is 2.20. The minimum atomic E-state index is -0.876. The summed E-state index contributed by atoms with van der Waals surface area (Å²) in [5.74, 6) is -1.45. The number of nitrogen functional groups attached to an aromatic ring is 1. The standard InChI is InChI=1S/C12H16ClN7O3/c1-3-5-16-9-7(13)17-6(8(14)18-9)10(21)19-11(15)20-12(22)23-4-2/h3H,1,4-5H2,2H3,(H3,14,16,18)(H3,15,19,20,21,22). The van der Waals surface area contributed by atoms with E-state index < -0.39 is 18.0 Å². The largest absolute Gasteiger partial charge is 0.450 e. The molecule has 6 N–H and O–H groups in total. The maximum absolute atomic E-state index is 12.0. The van der Waals surface area contributed by atoms with Gasteiger partial charge in [-0.3, -0.25) is 20.8 Å². The molecule has 11 heteroatoms. The zero-order valence-corrected chi connectivity index (χ0v) is 13.0. The summed E-state index contributed by atoms with van der Waals surface area (Å²) in [5, 5.41) is 14.2. The molecule has 1 aromatic heterocycles. The van der Waals surface area contributed by atoms with E-state index in [1.165, 1.54) is 0 Å². The lowest BCUT2D eigenvalue weighted by Gasteiger charge is -2.11. The van der Waals surface area contributed by atoms with Gasteiger partial charge in [0.05, 0.1) is 6.61 Å². The minimum Gasteiger partial charge on any atom is -0.450 e. The van der Waals surface area contributed by atoms with Gasteiger partial charge >= 0.3 is 6.09 Å². The third-order valence-electron chi connectivity index (χ3n) is 2.25. The van der Waals surface area contributed by atoms with Crippen LogP contribution in [0.1, 0.15) is 17.4 Å². The number of carbonyl (C=O) groups excluding carboxylic acids is 2. The van der Waals surface area contributed by atoms with Crippen molar-refractivity contribution >= 4 is 41.2 Å². The van der Waals surface area contributed by atoms with E-state index in [2.05, 4.69) is 31.9 Å². The molecule has 0 saturated carbocycles. The molecule has 2 amide bonds. The SMILES string of the molecule is C=CCNc1nc(N)c(C(=O)NC(=N)NC(=O)OCC)nc1Cl. The summed E-state index contributed by atoms with van der Waals surface area (Å²) < 4.78 is 4.56. The molecule has 0 fully saturated rings. The second-order valence-electron chi connectivity index (χ2n) is 3.94. The molecule has 0 unspecified atom stereocenters. The van der Waals surface area contributed by atoms with Crippen molar-refractivity contribution in [1.82, 2.24) is 20.6 Å². The van der Waals surface area contributed by atoms with Gasteiger partial charge in [0.25, 0.3) is 5.91 Å².